The molecule has 1 unspecified atom stereocenters. The van der Waals surface area contributed by atoms with E-state index in [1.54, 1.807) is 7.11 Å². The summed E-state index contributed by atoms with van der Waals surface area (Å²) in [6.45, 7) is 2.43. The minimum absolute atomic E-state index is 0. The first-order chi connectivity index (χ1) is 9.56. The van der Waals surface area contributed by atoms with Crippen LogP contribution in [-0.4, -0.2) is 32.1 Å². The number of hydrogen-bond donors (Lipinski definition) is 0. The summed E-state index contributed by atoms with van der Waals surface area (Å²) in [5.74, 6) is 1.70. The van der Waals surface area contributed by atoms with Crippen LogP contribution in [0.5, 0.6) is 5.75 Å². The maximum absolute atomic E-state index is 5.46. The van der Waals surface area contributed by atoms with E-state index in [1.807, 2.05) is 0 Å². The third kappa shape index (κ3) is 2.60. The van der Waals surface area contributed by atoms with Crippen LogP contribution in [0.2, 0.25) is 0 Å². The first-order valence-corrected chi connectivity index (χ1v) is 7.55. The summed E-state index contributed by atoms with van der Waals surface area (Å²) in [6, 6.07) is 7.24. The van der Waals surface area contributed by atoms with E-state index in [4.69, 9.17) is 4.74 Å². The second-order valence-electron chi connectivity index (χ2n) is 6.72. The lowest BCUT2D eigenvalue weighted by Crippen LogP contribution is -2.53. The fourth-order valence-electron chi connectivity index (χ4n) is 4.50. The zero-order valence-electron chi connectivity index (χ0n) is 13.4. The van der Waals surface area contributed by atoms with Crippen LogP contribution in [0.4, 0.5) is 0 Å². The van der Waals surface area contributed by atoms with E-state index in [9.17, 15) is 0 Å². The number of allylic oxidation sites excluding steroid dienone is 2. The number of nitrogens with zero attached hydrogens (tertiary/aromatic N) is 1. The SMILES string of the molecule is COc1ccc2c(c1)[C@@]1(C)CC=CCC(C2)[C@@H]1N(C)C.Cl. The van der Waals surface area contributed by atoms with Gasteiger partial charge in [0, 0.05) is 11.5 Å². The van der Waals surface area contributed by atoms with Crippen molar-refractivity contribution in [3.63, 3.8) is 0 Å². The van der Waals surface area contributed by atoms with Gasteiger partial charge in [-0.2, -0.15) is 0 Å². The van der Waals surface area contributed by atoms with Gasteiger partial charge in [0.05, 0.1) is 7.11 Å². The molecule has 0 aliphatic heterocycles. The average molecular weight is 308 g/mol. The lowest BCUT2D eigenvalue weighted by atomic mass is 9.62. The molecule has 116 valence electrons. The predicted octanol–water partition coefficient (Wildman–Crippen LogP) is 3.83. The first kappa shape index (κ1) is 16.4. The number of rotatable bonds is 2. The Bertz CT molecular complexity index is 540. The summed E-state index contributed by atoms with van der Waals surface area (Å²) in [7, 11) is 6.21. The Morgan fingerprint density at radius 1 is 1.24 bits per heavy atom. The number of methoxy groups -OCH3 is 1. The fraction of sp³-hybridized carbons (Fsp3) is 0.556. The van der Waals surface area contributed by atoms with E-state index in [2.05, 4.69) is 56.3 Å². The zero-order valence-corrected chi connectivity index (χ0v) is 14.2. The third-order valence-corrected chi connectivity index (χ3v) is 5.22. The summed E-state index contributed by atoms with van der Waals surface area (Å²) in [5, 5.41) is 0. The summed E-state index contributed by atoms with van der Waals surface area (Å²) in [4.78, 5) is 2.43. The van der Waals surface area contributed by atoms with Crippen molar-refractivity contribution in [2.45, 2.75) is 37.6 Å². The average Bonchev–Trinajstić information content (AvgIpc) is 2.55. The number of benzene rings is 1. The van der Waals surface area contributed by atoms with Crippen LogP contribution in [-0.2, 0) is 11.8 Å². The van der Waals surface area contributed by atoms with E-state index in [0.29, 0.717) is 6.04 Å². The van der Waals surface area contributed by atoms with E-state index in [0.717, 1.165) is 18.1 Å². The molecule has 2 aliphatic rings. The molecule has 1 aromatic rings. The van der Waals surface area contributed by atoms with Crippen LogP contribution in [0.1, 0.15) is 30.9 Å². The van der Waals surface area contributed by atoms with E-state index in [-0.39, 0.29) is 17.8 Å². The van der Waals surface area contributed by atoms with Gasteiger partial charge in [0.25, 0.3) is 0 Å². The van der Waals surface area contributed by atoms with E-state index >= 15 is 0 Å². The van der Waals surface area contributed by atoms with Gasteiger partial charge in [-0.25, -0.2) is 0 Å². The maximum Gasteiger partial charge on any atom is 0.119 e. The van der Waals surface area contributed by atoms with Gasteiger partial charge >= 0.3 is 0 Å². The van der Waals surface area contributed by atoms with Gasteiger partial charge in [0.2, 0.25) is 0 Å². The Morgan fingerprint density at radius 2 is 2.00 bits per heavy atom. The standard InChI is InChI=1S/C18H25NO.ClH/c1-18-10-6-5-7-14(17(18)19(2)3)11-13-8-9-15(20-4)12-16(13)18;/h5-6,8-9,12,14,17H,7,10-11H2,1-4H3;1H/t14?,17-,18+;/m0./s1. The molecule has 2 aliphatic carbocycles. The predicted molar refractivity (Wildman–Crippen MR) is 90.6 cm³/mol. The smallest absolute Gasteiger partial charge is 0.119 e. The quantitative estimate of drug-likeness (QED) is 0.770. The van der Waals surface area contributed by atoms with Crippen molar-refractivity contribution in [2.24, 2.45) is 5.92 Å². The molecule has 0 saturated carbocycles. The highest BCUT2D eigenvalue weighted by molar-refractivity contribution is 5.85. The molecule has 3 atom stereocenters. The molecule has 3 heteroatoms. The van der Waals surface area contributed by atoms with E-state index < -0.39 is 0 Å². The lowest BCUT2D eigenvalue weighted by Gasteiger charge is -2.49. The maximum atomic E-state index is 5.46. The third-order valence-electron chi connectivity index (χ3n) is 5.22. The summed E-state index contributed by atoms with van der Waals surface area (Å²) >= 11 is 0. The van der Waals surface area contributed by atoms with Crippen LogP contribution in [0.15, 0.2) is 30.4 Å². The molecular weight excluding hydrogens is 282 g/mol. The molecule has 1 aromatic carbocycles. The summed E-state index contributed by atoms with van der Waals surface area (Å²) in [5.41, 5.74) is 3.18. The van der Waals surface area contributed by atoms with Crippen molar-refractivity contribution in [3.05, 3.63) is 41.5 Å². The van der Waals surface area contributed by atoms with Crippen molar-refractivity contribution in [1.82, 2.24) is 4.90 Å². The van der Waals surface area contributed by atoms with Gasteiger partial charge < -0.3 is 9.64 Å². The van der Waals surface area contributed by atoms with Gasteiger partial charge in [0.1, 0.15) is 5.75 Å². The Hall–Kier alpha value is -0.990. The summed E-state index contributed by atoms with van der Waals surface area (Å²) < 4.78 is 5.46. The van der Waals surface area contributed by atoms with Crippen LogP contribution in [0.3, 0.4) is 0 Å². The molecule has 3 rings (SSSR count). The Balaban J connectivity index is 0.00000161. The van der Waals surface area contributed by atoms with Crippen molar-refractivity contribution >= 4 is 12.4 Å². The summed E-state index contributed by atoms with van der Waals surface area (Å²) in [6.07, 6.45) is 8.26. The van der Waals surface area contributed by atoms with Crippen LogP contribution in [0.25, 0.3) is 0 Å². The zero-order chi connectivity index (χ0) is 14.3. The molecule has 0 spiro atoms. The first-order valence-electron chi connectivity index (χ1n) is 7.55. The van der Waals surface area contributed by atoms with Crippen LogP contribution in [0, 0.1) is 5.92 Å². The van der Waals surface area contributed by atoms with Crippen molar-refractivity contribution in [3.8, 4) is 5.75 Å². The highest BCUT2D eigenvalue weighted by Crippen LogP contribution is 2.48. The van der Waals surface area contributed by atoms with Crippen LogP contribution < -0.4 is 4.74 Å². The highest BCUT2D eigenvalue weighted by Gasteiger charge is 2.46. The molecule has 0 N–H and O–H groups in total. The molecular formula is C18H26ClNO. The number of hydrogen-bond acceptors (Lipinski definition) is 2. The topological polar surface area (TPSA) is 12.5 Å². The Morgan fingerprint density at radius 3 is 2.67 bits per heavy atom. The molecule has 2 nitrogen and oxygen atoms in total. The molecule has 0 amide bonds. The largest absolute Gasteiger partial charge is 0.497 e. The number of halogens is 1. The minimum Gasteiger partial charge on any atom is -0.497 e. The van der Waals surface area contributed by atoms with Crippen LogP contribution >= 0.6 is 12.4 Å². The van der Waals surface area contributed by atoms with Gasteiger partial charge in [-0.05, 0) is 62.5 Å². The second-order valence-corrected chi connectivity index (χ2v) is 6.72. The number of ether oxygens (including phenoxy) is 1. The Labute approximate surface area is 134 Å². The normalized spacial score (nSPS) is 30.3. The molecule has 21 heavy (non-hydrogen) atoms. The van der Waals surface area contributed by atoms with Crippen molar-refractivity contribution in [2.75, 3.05) is 21.2 Å². The molecule has 0 radical (unpaired) electrons. The number of likely N-dealkylation sites (N-methyl/N-ethyl adjacent to an activating group) is 1. The minimum atomic E-state index is 0. The molecule has 0 fully saturated rings. The highest BCUT2D eigenvalue weighted by atomic mass is 35.5. The van der Waals surface area contributed by atoms with Gasteiger partial charge in [-0.1, -0.05) is 25.1 Å². The van der Waals surface area contributed by atoms with Gasteiger partial charge in [-0.3, -0.25) is 0 Å². The molecule has 0 heterocycles. The second kappa shape index (κ2) is 6.02. The fourth-order valence-corrected chi connectivity index (χ4v) is 4.50. The number of fused-ring (bicyclic) bond motifs is 4. The molecule has 0 saturated heterocycles. The molecule has 0 aromatic heterocycles. The van der Waals surface area contributed by atoms with Crippen molar-refractivity contribution < 1.29 is 4.74 Å². The molecule has 2 bridgehead atoms. The lowest BCUT2D eigenvalue weighted by molar-refractivity contribution is 0.112. The monoisotopic (exact) mass is 307 g/mol. The van der Waals surface area contributed by atoms with Gasteiger partial charge in [0.15, 0.2) is 0 Å². The Kier molecular flexibility index (Phi) is 4.69. The van der Waals surface area contributed by atoms with E-state index in [1.165, 1.54) is 24.0 Å². The van der Waals surface area contributed by atoms with Gasteiger partial charge in [-0.15, -0.1) is 12.4 Å². The van der Waals surface area contributed by atoms with Crippen molar-refractivity contribution in [1.29, 1.82) is 0 Å².